The molecular formula is C13H27N3O3. The van der Waals surface area contributed by atoms with E-state index >= 15 is 0 Å². The highest BCUT2D eigenvalue weighted by Crippen LogP contribution is 2.06. The molecule has 0 aromatic carbocycles. The minimum atomic E-state index is -0.903. The second kappa shape index (κ2) is 8.74. The number of nitrogens with zero attached hydrogens (tertiary/aromatic N) is 1. The van der Waals surface area contributed by atoms with E-state index in [-0.39, 0.29) is 30.5 Å². The molecule has 0 fully saturated rings. The van der Waals surface area contributed by atoms with Crippen LogP contribution in [0.3, 0.4) is 0 Å². The van der Waals surface area contributed by atoms with E-state index in [1.165, 1.54) is 0 Å². The Morgan fingerprint density at radius 3 is 2.16 bits per heavy atom. The van der Waals surface area contributed by atoms with Gasteiger partial charge in [-0.05, 0) is 39.9 Å². The zero-order valence-electron chi connectivity index (χ0n) is 12.6. The molecule has 0 bridgehead atoms. The number of carboxylic acids is 1. The van der Waals surface area contributed by atoms with Gasteiger partial charge in [0.25, 0.3) is 0 Å². The Labute approximate surface area is 115 Å². The summed E-state index contributed by atoms with van der Waals surface area (Å²) in [6, 6.07) is -0.593. The lowest BCUT2D eigenvalue weighted by molar-refractivity contribution is -0.137. The van der Waals surface area contributed by atoms with Crippen molar-refractivity contribution in [2.45, 2.75) is 45.7 Å². The van der Waals surface area contributed by atoms with Gasteiger partial charge in [0.1, 0.15) is 0 Å². The number of rotatable bonds is 8. The van der Waals surface area contributed by atoms with Crippen molar-refractivity contribution in [2.75, 3.05) is 20.6 Å². The molecule has 0 aromatic heterocycles. The molecule has 6 heteroatoms. The third-order valence-electron chi connectivity index (χ3n) is 2.90. The third kappa shape index (κ3) is 9.30. The molecular weight excluding hydrogens is 246 g/mol. The number of urea groups is 1. The fourth-order valence-electron chi connectivity index (χ4n) is 1.60. The lowest BCUT2D eigenvalue weighted by atomic mass is 10.0. The molecule has 3 N–H and O–H groups in total. The van der Waals surface area contributed by atoms with Gasteiger partial charge >= 0.3 is 12.0 Å². The molecule has 2 atom stereocenters. The van der Waals surface area contributed by atoms with E-state index in [1.807, 2.05) is 34.9 Å². The first-order valence-corrected chi connectivity index (χ1v) is 6.66. The highest BCUT2D eigenvalue weighted by molar-refractivity contribution is 5.76. The van der Waals surface area contributed by atoms with Crippen molar-refractivity contribution in [2.24, 2.45) is 5.92 Å². The average molecular weight is 273 g/mol. The quantitative estimate of drug-likeness (QED) is 0.619. The van der Waals surface area contributed by atoms with Crippen molar-refractivity contribution in [1.29, 1.82) is 0 Å². The molecule has 0 aliphatic carbocycles. The van der Waals surface area contributed by atoms with E-state index in [2.05, 4.69) is 15.5 Å². The second-order valence-electron chi connectivity index (χ2n) is 5.56. The molecule has 2 amide bonds. The van der Waals surface area contributed by atoms with Crippen LogP contribution >= 0.6 is 0 Å². The first-order valence-electron chi connectivity index (χ1n) is 6.66. The highest BCUT2D eigenvalue weighted by atomic mass is 16.4. The van der Waals surface area contributed by atoms with Crippen LogP contribution in [0.4, 0.5) is 4.79 Å². The number of carboxylic acid groups (broad SMARTS) is 1. The molecule has 0 aliphatic rings. The highest BCUT2D eigenvalue weighted by Gasteiger charge is 2.19. The monoisotopic (exact) mass is 273 g/mol. The first kappa shape index (κ1) is 17.7. The summed E-state index contributed by atoms with van der Waals surface area (Å²) >= 11 is 0. The van der Waals surface area contributed by atoms with Gasteiger partial charge in [0, 0.05) is 12.1 Å². The van der Waals surface area contributed by atoms with E-state index in [1.54, 1.807) is 0 Å². The summed E-state index contributed by atoms with van der Waals surface area (Å²) in [4.78, 5) is 24.5. The third-order valence-corrected chi connectivity index (χ3v) is 2.90. The maximum Gasteiger partial charge on any atom is 0.315 e. The van der Waals surface area contributed by atoms with Crippen LogP contribution in [0.1, 0.15) is 33.6 Å². The van der Waals surface area contributed by atoms with E-state index < -0.39 is 5.97 Å². The van der Waals surface area contributed by atoms with Crippen LogP contribution in [0.5, 0.6) is 0 Å². The van der Waals surface area contributed by atoms with E-state index in [0.29, 0.717) is 0 Å². The molecule has 112 valence electrons. The first-order chi connectivity index (χ1) is 8.72. The number of nitrogens with one attached hydrogen (secondary N) is 2. The van der Waals surface area contributed by atoms with Gasteiger partial charge in [-0.3, -0.25) is 4.79 Å². The second-order valence-corrected chi connectivity index (χ2v) is 5.56. The minimum Gasteiger partial charge on any atom is -0.481 e. The smallest absolute Gasteiger partial charge is 0.315 e. The van der Waals surface area contributed by atoms with Gasteiger partial charge in [0.15, 0.2) is 0 Å². The molecule has 0 heterocycles. The molecule has 2 unspecified atom stereocenters. The Balaban J connectivity index is 4.15. The normalized spacial score (nSPS) is 14.3. The molecule has 0 rings (SSSR count). The summed E-state index contributed by atoms with van der Waals surface area (Å²) < 4.78 is 0. The van der Waals surface area contributed by atoms with Crippen LogP contribution in [0.25, 0.3) is 0 Å². The predicted octanol–water partition coefficient (Wildman–Crippen LogP) is 1.13. The van der Waals surface area contributed by atoms with Crippen molar-refractivity contribution < 1.29 is 14.7 Å². The van der Waals surface area contributed by atoms with Crippen molar-refractivity contribution >= 4 is 12.0 Å². The van der Waals surface area contributed by atoms with Crippen molar-refractivity contribution in [3.05, 3.63) is 0 Å². The van der Waals surface area contributed by atoms with E-state index in [9.17, 15) is 9.59 Å². The number of amides is 2. The van der Waals surface area contributed by atoms with Crippen LogP contribution in [0.2, 0.25) is 0 Å². The van der Waals surface area contributed by atoms with Crippen molar-refractivity contribution in [3.63, 3.8) is 0 Å². The topological polar surface area (TPSA) is 81.7 Å². The van der Waals surface area contributed by atoms with Gasteiger partial charge < -0.3 is 20.6 Å². The fraction of sp³-hybridized carbons (Fsp3) is 0.846. The average Bonchev–Trinajstić information content (AvgIpc) is 2.24. The van der Waals surface area contributed by atoms with Crippen LogP contribution in [0, 0.1) is 5.92 Å². The van der Waals surface area contributed by atoms with Crippen molar-refractivity contribution in [3.8, 4) is 0 Å². The Hall–Kier alpha value is -1.30. The van der Waals surface area contributed by atoms with E-state index in [0.717, 1.165) is 13.0 Å². The molecule has 0 saturated heterocycles. The molecule has 6 nitrogen and oxygen atoms in total. The molecule has 0 aromatic rings. The molecule has 19 heavy (non-hydrogen) atoms. The standard InChI is InChI=1S/C13H27N3O3/c1-9(2)11(8-12(17)18)15-13(19)14-10(3)6-7-16(4)5/h9-11H,6-8H2,1-5H3,(H,17,18)(H2,14,15,19). The van der Waals surface area contributed by atoms with Gasteiger partial charge in [-0.25, -0.2) is 4.79 Å². The van der Waals surface area contributed by atoms with Gasteiger partial charge in [0.05, 0.1) is 6.42 Å². The van der Waals surface area contributed by atoms with Gasteiger partial charge in [0.2, 0.25) is 0 Å². The van der Waals surface area contributed by atoms with E-state index in [4.69, 9.17) is 5.11 Å². The summed E-state index contributed by atoms with van der Waals surface area (Å²) in [5.74, 6) is -0.821. The van der Waals surface area contributed by atoms with Crippen LogP contribution in [-0.4, -0.2) is 54.7 Å². The van der Waals surface area contributed by atoms with Crippen molar-refractivity contribution in [1.82, 2.24) is 15.5 Å². The molecule has 0 radical (unpaired) electrons. The minimum absolute atomic E-state index is 0.0556. The largest absolute Gasteiger partial charge is 0.481 e. The summed E-state index contributed by atoms with van der Waals surface area (Å²) in [6.45, 7) is 6.61. The number of carbonyl (C=O) groups excluding carboxylic acids is 1. The summed E-state index contributed by atoms with van der Waals surface area (Å²) in [6.07, 6.45) is 0.795. The van der Waals surface area contributed by atoms with Gasteiger partial charge in [-0.2, -0.15) is 0 Å². The van der Waals surface area contributed by atoms with Crippen LogP contribution in [-0.2, 0) is 4.79 Å². The summed E-state index contributed by atoms with van der Waals surface area (Å²) in [5, 5.41) is 14.3. The molecule has 0 saturated carbocycles. The van der Waals surface area contributed by atoms with Gasteiger partial charge in [-0.15, -0.1) is 0 Å². The molecule has 0 spiro atoms. The maximum absolute atomic E-state index is 11.8. The number of hydrogen-bond acceptors (Lipinski definition) is 3. The Morgan fingerprint density at radius 1 is 1.16 bits per heavy atom. The lowest BCUT2D eigenvalue weighted by Crippen LogP contribution is -2.48. The zero-order chi connectivity index (χ0) is 15.0. The Bertz CT molecular complexity index is 293. The number of hydrogen-bond donors (Lipinski definition) is 3. The predicted molar refractivity (Wildman–Crippen MR) is 75.2 cm³/mol. The molecule has 0 aliphatic heterocycles. The van der Waals surface area contributed by atoms with Crippen LogP contribution in [0.15, 0.2) is 0 Å². The Kier molecular flexibility index (Phi) is 8.14. The zero-order valence-corrected chi connectivity index (χ0v) is 12.6. The lowest BCUT2D eigenvalue weighted by Gasteiger charge is -2.23. The Morgan fingerprint density at radius 2 is 1.74 bits per heavy atom. The maximum atomic E-state index is 11.8. The summed E-state index contributed by atoms with van der Waals surface area (Å²) in [7, 11) is 3.96. The van der Waals surface area contributed by atoms with Crippen LogP contribution < -0.4 is 10.6 Å². The fourth-order valence-corrected chi connectivity index (χ4v) is 1.60. The summed E-state index contributed by atoms with van der Waals surface area (Å²) in [5.41, 5.74) is 0. The number of aliphatic carboxylic acids is 1. The van der Waals surface area contributed by atoms with Gasteiger partial charge in [-0.1, -0.05) is 13.8 Å². The SMILES string of the molecule is CC(CCN(C)C)NC(=O)NC(CC(=O)O)C(C)C. The number of carbonyl (C=O) groups is 2.